The average molecular weight is 703 g/mol. The highest BCUT2D eigenvalue weighted by Crippen LogP contribution is 2.69. The molecule has 0 saturated heterocycles. The van der Waals surface area contributed by atoms with Gasteiger partial charge >= 0.3 is 13.4 Å². The summed E-state index contributed by atoms with van der Waals surface area (Å²) in [5, 5.41) is 4.70. The van der Waals surface area contributed by atoms with Crippen LogP contribution in [0.2, 0.25) is 0 Å². The Hall–Kier alpha value is -4.07. The first-order chi connectivity index (χ1) is 23.6. The second-order valence-corrected chi connectivity index (χ2v) is 14.5. The van der Waals surface area contributed by atoms with E-state index in [1.54, 1.807) is 0 Å². The van der Waals surface area contributed by atoms with Crippen LogP contribution in [0.3, 0.4) is 0 Å². The Bertz CT molecular complexity index is 1860. The molecule has 7 rings (SSSR count). The molecule has 1 aliphatic rings. The van der Waals surface area contributed by atoms with Gasteiger partial charge in [0.15, 0.2) is 11.5 Å². The maximum Gasteiger partial charge on any atom is 0.467 e. The Labute approximate surface area is 291 Å². The van der Waals surface area contributed by atoms with Crippen molar-refractivity contribution in [3.8, 4) is 22.6 Å². The summed E-state index contributed by atoms with van der Waals surface area (Å²) < 4.78 is 55.7. The van der Waals surface area contributed by atoms with Crippen molar-refractivity contribution in [2.24, 2.45) is 0 Å². The van der Waals surface area contributed by atoms with Gasteiger partial charge in [0, 0.05) is 11.1 Å². The van der Waals surface area contributed by atoms with E-state index in [0.29, 0.717) is 0 Å². The molecule has 0 aromatic heterocycles. The lowest BCUT2D eigenvalue weighted by Gasteiger charge is -2.37. The molecule has 1 heterocycles. The van der Waals surface area contributed by atoms with E-state index in [2.05, 4.69) is 159 Å². The highest BCUT2D eigenvalue weighted by molar-refractivity contribution is 7.94. The number of nitrogens with zero attached hydrogens (tertiary/aromatic N) is 1. The molecule has 2 atom stereocenters. The maximum absolute atomic E-state index is 10.5. The summed E-state index contributed by atoms with van der Waals surface area (Å²) in [5.41, 5.74) is 0.160. The number of benzene rings is 6. The fourth-order valence-electron chi connectivity index (χ4n) is 6.38. The molecule has 0 radical (unpaired) electrons. The lowest BCUT2D eigenvalue weighted by molar-refractivity contribution is -0.0376. The van der Waals surface area contributed by atoms with Crippen LogP contribution in [0.4, 0.5) is 13.2 Å². The second-order valence-electron chi connectivity index (χ2n) is 11.4. The Morgan fingerprint density at radius 2 is 0.939 bits per heavy atom. The minimum absolute atomic E-state index is 0.0376. The molecule has 0 spiro atoms. The fourth-order valence-corrected chi connectivity index (χ4v) is 9.17. The quantitative estimate of drug-likeness (QED) is 0.143. The molecule has 0 bridgehead atoms. The van der Waals surface area contributed by atoms with Crippen molar-refractivity contribution in [2.75, 3.05) is 6.66 Å². The molecule has 0 saturated carbocycles. The summed E-state index contributed by atoms with van der Waals surface area (Å²) in [4.78, 5) is 0. The number of alkyl halides is 3. The van der Waals surface area contributed by atoms with Gasteiger partial charge in [0.1, 0.15) is 18.7 Å². The molecule has 4 nitrogen and oxygen atoms in total. The number of hydrogen-bond acceptors (Lipinski definition) is 5. The molecule has 6 aromatic rings. The third-order valence-electron chi connectivity index (χ3n) is 8.45. The van der Waals surface area contributed by atoms with Crippen LogP contribution in [0, 0.1) is 0 Å². The third-order valence-corrected chi connectivity index (χ3v) is 11.3. The largest absolute Gasteiger partial charge is 0.467 e. The molecule has 1 aliphatic heterocycles. The lowest BCUT2D eigenvalue weighted by Crippen LogP contribution is -2.34. The van der Waals surface area contributed by atoms with Gasteiger partial charge in [-0.1, -0.05) is 135 Å². The molecule has 49 heavy (non-hydrogen) atoms. The zero-order valence-electron chi connectivity index (χ0n) is 28.1. The molecule has 0 fully saturated rings. The van der Waals surface area contributed by atoms with Crippen LogP contribution < -0.4 is 9.05 Å². The van der Waals surface area contributed by atoms with Crippen molar-refractivity contribution in [1.82, 2.24) is 4.67 Å². The summed E-state index contributed by atoms with van der Waals surface area (Å²) in [5.74, 6) is 1.72. The van der Waals surface area contributed by atoms with Gasteiger partial charge in [-0.3, -0.25) is 9.05 Å². The molecule has 1 unspecified atom stereocenters. The minimum Gasteiger partial charge on any atom is -0.323 e. The predicted octanol–water partition coefficient (Wildman–Crippen LogP) is 13.4. The number of halogens is 3. The van der Waals surface area contributed by atoms with E-state index >= 15 is 0 Å². The normalized spacial score (nSPS) is 14.4. The standard InChI is InChI=1S/C37H33NO2P.C2H6.CHF3OS/c1-26(28-14-6-4-7-15-28)38(27(2)29-16-8-5-9-17-29)41(3)39-34-24-22-30-18-10-12-20-32(30)36(34)37-33-21-13-11-19-31(33)23-25-35(37)40-41;1-2;2-1(3,4)6-5/h4-27H,1-3H3;1-2H3;5H/q+1;;/t26-,27?;;/m0../s1. The van der Waals surface area contributed by atoms with E-state index in [-0.39, 0.29) is 12.1 Å². The van der Waals surface area contributed by atoms with Crippen LogP contribution in [0.1, 0.15) is 50.9 Å². The average Bonchev–Trinajstić information content (AvgIpc) is 3.27. The Morgan fingerprint density at radius 1 is 0.592 bits per heavy atom. The van der Waals surface area contributed by atoms with Crippen molar-refractivity contribution >= 4 is 41.5 Å². The van der Waals surface area contributed by atoms with E-state index in [0.717, 1.165) is 22.6 Å². The molecule has 9 heteroatoms. The minimum atomic E-state index is -4.49. The Balaban J connectivity index is 0.000000531. The number of rotatable bonds is 5. The highest BCUT2D eigenvalue weighted by atomic mass is 32.2. The molecule has 0 aliphatic carbocycles. The number of fused-ring (bicyclic) bond motifs is 7. The van der Waals surface area contributed by atoms with Crippen molar-refractivity contribution in [2.45, 2.75) is 45.3 Å². The SMILES string of the molecule is CC.CC(c1ccccc1)N([C@@H](C)c1ccccc1)[P+]1(C)Oc2ccc3ccccc3c2-c2c(ccc3ccccc23)O1.OSC(F)(F)F. The first-order valence-electron chi connectivity index (χ1n) is 16.2. The Morgan fingerprint density at radius 3 is 1.31 bits per heavy atom. The van der Waals surface area contributed by atoms with Gasteiger partial charge in [-0.25, -0.2) is 0 Å². The zero-order valence-corrected chi connectivity index (χ0v) is 29.8. The van der Waals surface area contributed by atoms with Gasteiger partial charge in [0.25, 0.3) is 0 Å². The van der Waals surface area contributed by atoms with E-state index in [1.165, 1.54) is 32.7 Å². The molecular formula is C40H40F3NO3PS+. The van der Waals surface area contributed by atoms with Crippen LogP contribution in [-0.4, -0.2) is 21.4 Å². The molecule has 1 N–H and O–H groups in total. The van der Waals surface area contributed by atoms with E-state index in [9.17, 15) is 13.2 Å². The molecular weight excluding hydrogens is 662 g/mol. The van der Waals surface area contributed by atoms with Crippen LogP contribution >= 0.6 is 19.9 Å². The smallest absolute Gasteiger partial charge is 0.323 e. The fraction of sp³-hybridized carbons (Fsp3) is 0.200. The zero-order chi connectivity index (χ0) is 35.2. The summed E-state index contributed by atoms with van der Waals surface area (Å²) in [7, 11) is -2.75. The monoisotopic (exact) mass is 702 g/mol. The van der Waals surface area contributed by atoms with Gasteiger partial charge in [0.05, 0.1) is 12.1 Å². The van der Waals surface area contributed by atoms with E-state index in [4.69, 9.17) is 13.6 Å². The van der Waals surface area contributed by atoms with Crippen LogP contribution in [0.15, 0.2) is 133 Å². The van der Waals surface area contributed by atoms with Gasteiger partial charge in [-0.05, 0) is 58.7 Å². The van der Waals surface area contributed by atoms with Crippen molar-refractivity contribution in [3.63, 3.8) is 0 Å². The van der Waals surface area contributed by atoms with Crippen LogP contribution in [0.5, 0.6) is 11.5 Å². The van der Waals surface area contributed by atoms with E-state index in [1.807, 2.05) is 13.8 Å². The summed E-state index contributed by atoms with van der Waals surface area (Å²) in [6.45, 7) is 10.7. The van der Waals surface area contributed by atoms with Gasteiger partial charge < -0.3 is 4.55 Å². The van der Waals surface area contributed by atoms with Crippen molar-refractivity contribution in [1.29, 1.82) is 0 Å². The van der Waals surface area contributed by atoms with Gasteiger partial charge in [0.2, 0.25) is 0 Å². The van der Waals surface area contributed by atoms with Gasteiger partial charge in [-0.15, -0.1) is 4.67 Å². The van der Waals surface area contributed by atoms with Crippen molar-refractivity contribution < 1.29 is 26.8 Å². The van der Waals surface area contributed by atoms with Crippen molar-refractivity contribution in [3.05, 3.63) is 145 Å². The third kappa shape index (κ3) is 7.89. The van der Waals surface area contributed by atoms with Crippen LogP contribution in [0.25, 0.3) is 32.7 Å². The highest BCUT2D eigenvalue weighted by Gasteiger charge is 2.55. The Kier molecular flexibility index (Phi) is 11.6. The second kappa shape index (κ2) is 15.6. The number of hydrogen-bond donors (Lipinski definition) is 1. The first-order valence-corrected chi connectivity index (χ1v) is 19.0. The van der Waals surface area contributed by atoms with E-state index < -0.39 is 25.4 Å². The molecule has 6 aromatic carbocycles. The van der Waals surface area contributed by atoms with Gasteiger partial charge in [-0.2, -0.15) is 13.2 Å². The molecule has 254 valence electrons. The summed E-state index contributed by atoms with van der Waals surface area (Å²) in [6.07, 6.45) is 0. The topological polar surface area (TPSA) is 41.9 Å². The maximum atomic E-state index is 10.5. The summed E-state index contributed by atoms with van der Waals surface area (Å²) >= 11 is -1.12. The summed E-state index contributed by atoms with van der Waals surface area (Å²) in [6, 6.07) is 47.2. The molecule has 0 amide bonds. The first kappa shape index (κ1) is 36.2. The lowest BCUT2D eigenvalue weighted by atomic mass is 9.92. The predicted molar refractivity (Wildman–Crippen MR) is 200 cm³/mol. The van der Waals surface area contributed by atoms with Crippen LogP contribution in [-0.2, 0) is 0 Å².